The molecule has 0 unspecified atom stereocenters. The number of halogens is 2. The van der Waals surface area contributed by atoms with E-state index in [1.54, 1.807) is 0 Å². The molecule has 1 heterocycles. The molecule has 78 valence electrons. The molecule has 1 aromatic heterocycles. The maximum absolute atomic E-state index is 5.07. The van der Waals surface area contributed by atoms with Crippen LogP contribution in [0.4, 0.5) is 0 Å². The maximum atomic E-state index is 5.07. The SMILES string of the molecule is Cn1c(-c2cc(Br)ccc2Br)n[nH]c1=S. The predicted molar refractivity (Wildman–Crippen MR) is 69.2 cm³/mol. The zero-order chi connectivity index (χ0) is 11.0. The number of rotatable bonds is 1. The summed E-state index contributed by atoms with van der Waals surface area (Å²) in [7, 11) is 1.88. The summed E-state index contributed by atoms with van der Waals surface area (Å²) in [5.41, 5.74) is 0.999. The van der Waals surface area contributed by atoms with Crippen molar-refractivity contribution in [1.82, 2.24) is 14.8 Å². The lowest BCUT2D eigenvalue weighted by atomic mass is 10.2. The molecule has 2 aromatic rings. The van der Waals surface area contributed by atoms with Crippen molar-refractivity contribution in [2.45, 2.75) is 0 Å². The topological polar surface area (TPSA) is 33.6 Å². The molecule has 0 atom stereocenters. The van der Waals surface area contributed by atoms with Crippen molar-refractivity contribution in [3.8, 4) is 11.4 Å². The van der Waals surface area contributed by atoms with Crippen molar-refractivity contribution in [3.63, 3.8) is 0 Å². The summed E-state index contributed by atoms with van der Waals surface area (Å²) in [5, 5.41) is 6.94. The predicted octanol–water partition coefficient (Wildman–Crippen LogP) is 3.67. The highest BCUT2D eigenvalue weighted by atomic mass is 79.9. The highest BCUT2D eigenvalue weighted by molar-refractivity contribution is 9.11. The average molecular weight is 349 g/mol. The fourth-order valence-corrected chi connectivity index (χ4v) is 2.17. The molecule has 0 aliphatic heterocycles. The van der Waals surface area contributed by atoms with Crippen molar-refractivity contribution in [2.75, 3.05) is 0 Å². The second-order valence-electron chi connectivity index (χ2n) is 3.04. The highest BCUT2D eigenvalue weighted by Gasteiger charge is 2.09. The lowest BCUT2D eigenvalue weighted by Crippen LogP contribution is -1.93. The van der Waals surface area contributed by atoms with Gasteiger partial charge in [0.15, 0.2) is 10.6 Å². The van der Waals surface area contributed by atoms with Crippen LogP contribution in [0.3, 0.4) is 0 Å². The van der Waals surface area contributed by atoms with E-state index < -0.39 is 0 Å². The van der Waals surface area contributed by atoms with Gasteiger partial charge in [-0.15, -0.1) is 0 Å². The molecule has 1 N–H and O–H groups in total. The molecule has 0 bridgehead atoms. The van der Waals surface area contributed by atoms with E-state index in [-0.39, 0.29) is 0 Å². The van der Waals surface area contributed by atoms with Crippen LogP contribution in [0, 0.1) is 4.77 Å². The van der Waals surface area contributed by atoms with Crippen molar-refractivity contribution < 1.29 is 0 Å². The van der Waals surface area contributed by atoms with Gasteiger partial charge in [0.2, 0.25) is 0 Å². The molecule has 0 aliphatic rings. The molecule has 1 aromatic carbocycles. The van der Waals surface area contributed by atoms with Gasteiger partial charge in [0, 0.05) is 21.6 Å². The van der Waals surface area contributed by atoms with Crippen LogP contribution in [0.5, 0.6) is 0 Å². The highest BCUT2D eigenvalue weighted by Crippen LogP contribution is 2.29. The fraction of sp³-hybridized carbons (Fsp3) is 0.111. The Balaban J connectivity index is 2.68. The van der Waals surface area contributed by atoms with Crippen LogP contribution >= 0.6 is 44.1 Å². The van der Waals surface area contributed by atoms with E-state index in [2.05, 4.69) is 42.1 Å². The number of nitrogens with zero attached hydrogens (tertiary/aromatic N) is 2. The Kier molecular flexibility index (Phi) is 3.08. The van der Waals surface area contributed by atoms with Crippen molar-refractivity contribution in [2.24, 2.45) is 7.05 Å². The van der Waals surface area contributed by atoms with E-state index in [0.717, 1.165) is 20.3 Å². The van der Waals surface area contributed by atoms with E-state index in [4.69, 9.17) is 12.2 Å². The van der Waals surface area contributed by atoms with Crippen LogP contribution in [0.1, 0.15) is 0 Å². The molecule has 0 aliphatic carbocycles. The van der Waals surface area contributed by atoms with Crippen LogP contribution in [0.15, 0.2) is 27.1 Å². The Hall–Kier alpha value is -0.460. The van der Waals surface area contributed by atoms with Gasteiger partial charge in [-0.1, -0.05) is 31.9 Å². The van der Waals surface area contributed by atoms with Gasteiger partial charge in [-0.2, -0.15) is 5.10 Å². The summed E-state index contributed by atoms with van der Waals surface area (Å²) in [6.07, 6.45) is 0. The van der Waals surface area contributed by atoms with Gasteiger partial charge >= 0.3 is 0 Å². The summed E-state index contributed by atoms with van der Waals surface area (Å²) >= 11 is 12.0. The molecule has 2 rings (SSSR count). The molecule has 6 heteroatoms. The van der Waals surface area contributed by atoms with Gasteiger partial charge < -0.3 is 4.57 Å². The first-order valence-electron chi connectivity index (χ1n) is 4.16. The van der Waals surface area contributed by atoms with Crippen molar-refractivity contribution in [3.05, 3.63) is 31.9 Å². The molecule has 15 heavy (non-hydrogen) atoms. The minimum Gasteiger partial charge on any atom is -0.303 e. The number of aromatic amines is 1. The Bertz CT molecular complexity index is 559. The van der Waals surface area contributed by atoms with E-state index >= 15 is 0 Å². The second-order valence-corrected chi connectivity index (χ2v) is 5.19. The van der Waals surface area contributed by atoms with Crippen LogP contribution in [-0.4, -0.2) is 14.8 Å². The minimum atomic E-state index is 0.608. The fourth-order valence-electron chi connectivity index (χ4n) is 1.26. The molecule has 0 spiro atoms. The summed E-state index contributed by atoms with van der Waals surface area (Å²) < 4.78 is 4.44. The van der Waals surface area contributed by atoms with Gasteiger partial charge in [0.25, 0.3) is 0 Å². The van der Waals surface area contributed by atoms with Gasteiger partial charge in [0.05, 0.1) is 0 Å². The largest absolute Gasteiger partial charge is 0.303 e. The van der Waals surface area contributed by atoms with E-state index in [1.165, 1.54) is 0 Å². The molecule has 0 saturated heterocycles. The first kappa shape index (κ1) is 11.0. The number of hydrogen-bond donors (Lipinski definition) is 1. The summed E-state index contributed by atoms with van der Waals surface area (Å²) in [6, 6.07) is 5.93. The lowest BCUT2D eigenvalue weighted by molar-refractivity contribution is 0.901. The Morgan fingerprint density at radius 2 is 2.13 bits per heavy atom. The number of benzene rings is 1. The van der Waals surface area contributed by atoms with E-state index in [0.29, 0.717) is 4.77 Å². The van der Waals surface area contributed by atoms with Crippen LogP contribution in [-0.2, 0) is 7.05 Å². The summed E-state index contributed by atoms with van der Waals surface area (Å²) in [5.74, 6) is 0.813. The summed E-state index contributed by atoms with van der Waals surface area (Å²) in [6.45, 7) is 0. The zero-order valence-corrected chi connectivity index (χ0v) is 11.8. The molecule has 0 fully saturated rings. The minimum absolute atomic E-state index is 0.608. The Morgan fingerprint density at radius 1 is 1.40 bits per heavy atom. The zero-order valence-electron chi connectivity index (χ0n) is 7.79. The van der Waals surface area contributed by atoms with Crippen LogP contribution < -0.4 is 0 Å². The van der Waals surface area contributed by atoms with E-state index in [1.807, 2.05) is 29.8 Å². The maximum Gasteiger partial charge on any atom is 0.195 e. The van der Waals surface area contributed by atoms with Crippen molar-refractivity contribution >= 4 is 44.1 Å². The molecule has 0 radical (unpaired) electrons. The normalized spacial score (nSPS) is 10.6. The smallest absolute Gasteiger partial charge is 0.195 e. The van der Waals surface area contributed by atoms with Crippen LogP contribution in [0.25, 0.3) is 11.4 Å². The molecular formula is C9H7Br2N3S. The number of hydrogen-bond acceptors (Lipinski definition) is 2. The molecule has 0 saturated carbocycles. The third kappa shape index (κ3) is 2.07. The second kappa shape index (κ2) is 4.19. The quantitative estimate of drug-likeness (QED) is 0.798. The molecular weight excluding hydrogens is 342 g/mol. The van der Waals surface area contributed by atoms with Gasteiger partial charge in [-0.05, 0) is 30.4 Å². The first-order valence-corrected chi connectivity index (χ1v) is 6.16. The number of H-pyrrole nitrogens is 1. The number of aromatic nitrogens is 3. The number of nitrogens with one attached hydrogen (secondary N) is 1. The Morgan fingerprint density at radius 3 is 2.73 bits per heavy atom. The monoisotopic (exact) mass is 347 g/mol. The standard InChI is InChI=1S/C9H7Br2N3S/c1-14-8(12-13-9(14)15)6-4-5(10)2-3-7(6)11/h2-4H,1H3,(H,13,15). The third-order valence-corrected chi connectivity index (χ3v) is 3.60. The molecule has 3 nitrogen and oxygen atoms in total. The van der Waals surface area contributed by atoms with Gasteiger partial charge in [-0.25, -0.2) is 0 Å². The van der Waals surface area contributed by atoms with Crippen LogP contribution in [0.2, 0.25) is 0 Å². The van der Waals surface area contributed by atoms with Gasteiger partial charge in [0.1, 0.15) is 0 Å². The lowest BCUT2D eigenvalue weighted by Gasteiger charge is -2.03. The third-order valence-electron chi connectivity index (χ3n) is 2.05. The van der Waals surface area contributed by atoms with Crippen molar-refractivity contribution in [1.29, 1.82) is 0 Å². The summed E-state index contributed by atoms with van der Waals surface area (Å²) in [4.78, 5) is 0. The first-order chi connectivity index (χ1) is 7.09. The molecule has 0 amide bonds. The van der Waals surface area contributed by atoms with E-state index in [9.17, 15) is 0 Å². The average Bonchev–Trinajstić information content (AvgIpc) is 2.52. The van der Waals surface area contributed by atoms with Gasteiger partial charge in [-0.3, -0.25) is 5.10 Å². The Labute approximate surface area is 109 Å².